The van der Waals surface area contributed by atoms with E-state index < -0.39 is 5.82 Å². The molecule has 2 aromatic heterocycles. The molecule has 9 heteroatoms. The zero-order chi connectivity index (χ0) is 25.2. The van der Waals surface area contributed by atoms with Crippen molar-refractivity contribution >= 4 is 0 Å². The van der Waals surface area contributed by atoms with Crippen molar-refractivity contribution in [3.63, 3.8) is 0 Å². The normalized spacial score (nSPS) is 14.8. The van der Waals surface area contributed by atoms with Crippen LogP contribution in [0.3, 0.4) is 0 Å². The molecule has 4 aromatic rings. The van der Waals surface area contributed by atoms with E-state index >= 15 is 0 Å². The molecule has 0 amide bonds. The number of benzene rings is 2. The molecule has 3 heterocycles. The van der Waals surface area contributed by atoms with E-state index in [-0.39, 0.29) is 29.2 Å². The van der Waals surface area contributed by atoms with Crippen molar-refractivity contribution in [2.24, 2.45) is 0 Å². The maximum atomic E-state index is 13.9. The fourth-order valence-electron chi connectivity index (χ4n) is 4.77. The van der Waals surface area contributed by atoms with Crippen LogP contribution in [0.2, 0.25) is 0 Å². The first kappa shape index (κ1) is 23.9. The lowest BCUT2D eigenvalue weighted by atomic mass is 10.0. The van der Waals surface area contributed by atoms with E-state index in [0.717, 1.165) is 25.9 Å². The molecule has 5 rings (SSSR count). The number of halogens is 2. The van der Waals surface area contributed by atoms with Gasteiger partial charge < -0.3 is 9.64 Å². The third kappa shape index (κ3) is 4.66. The average Bonchev–Trinajstić information content (AvgIpc) is 3.17. The van der Waals surface area contributed by atoms with Crippen LogP contribution in [-0.4, -0.2) is 44.4 Å². The van der Waals surface area contributed by atoms with Crippen molar-refractivity contribution in [3.8, 4) is 34.3 Å². The molecule has 36 heavy (non-hydrogen) atoms. The molecule has 0 spiro atoms. The molecule has 1 saturated heterocycles. The molecule has 0 atom stereocenters. The van der Waals surface area contributed by atoms with E-state index in [4.69, 9.17) is 4.74 Å². The summed E-state index contributed by atoms with van der Waals surface area (Å²) < 4.78 is 36.9. The molecule has 0 unspecified atom stereocenters. The molecule has 0 aliphatic carbocycles. The maximum absolute atomic E-state index is 13.9. The largest absolute Gasteiger partial charge is 0.424 e. The van der Waals surface area contributed by atoms with Crippen LogP contribution in [0.4, 0.5) is 8.78 Å². The van der Waals surface area contributed by atoms with Gasteiger partial charge in [0, 0.05) is 18.8 Å². The zero-order valence-electron chi connectivity index (χ0n) is 20.2. The second-order valence-corrected chi connectivity index (χ2v) is 8.91. The number of aromatic nitrogens is 4. The Labute approximate surface area is 207 Å². The minimum absolute atomic E-state index is 0.0327. The molecular weight excluding hydrogens is 464 g/mol. The molecule has 2 aromatic carbocycles. The summed E-state index contributed by atoms with van der Waals surface area (Å²) in [7, 11) is 2.08. The number of hydrogen-bond acceptors (Lipinski definition) is 5. The van der Waals surface area contributed by atoms with Gasteiger partial charge >= 0.3 is 6.01 Å². The second kappa shape index (κ2) is 10.0. The molecule has 0 N–H and O–H groups in total. The van der Waals surface area contributed by atoms with E-state index in [9.17, 15) is 13.6 Å². The summed E-state index contributed by atoms with van der Waals surface area (Å²) in [5.41, 5.74) is 2.02. The molecule has 1 aliphatic rings. The molecule has 0 radical (unpaired) electrons. The SMILES string of the molecule is CCn1c(-c2ccnc(Oc3cccc(F)c3)n2)c(-c2ccc(F)cc2)c(=O)n1C1CCN(C)CC1. The van der Waals surface area contributed by atoms with Gasteiger partial charge in [0.1, 0.15) is 17.4 Å². The Kier molecular flexibility index (Phi) is 6.65. The van der Waals surface area contributed by atoms with Gasteiger partial charge in [0.05, 0.1) is 23.0 Å². The Balaban J connectivity index is 1.66. The predicted molar refractivity (Wildman–Crippen MR) is 133 cm³/mol. The number of likely N-dealkylation sites (tertiary alicyclic amines) is 1. The monoisotopic (exact) mass is 491 g/mol. The summed E-state index contributed by atoms with van der Waals surface area (Å²) in [6.45, 7) is 4.30. The maximum Gasteiger partial charge on any atom is 0.322 e. The van der Waals surface area contributed by atoms with Crippen LogP contribution >= 0.6 is 0 Å². The van der Waals surface area contributed by atoms with Gasteiger partial charge in [-0.15, -0.1) is 0 Å². The van der Waals surface area contributed by atoms with Crippen molar-refractivity contribution in [2.45, 2.75) is 32.4 Å². The van der Waals surface area contributed by atoms with Crippen molar-refractivity contribution in [1.29, 1.82) is 0 Å². The van der Waals surface area contributed by atoms with Gasteiger partial charge in [0.2, 0.25) is 0 Å². The van der Waals surface area contributed by atoms with Gasteiger partial charge in [-0.2, -0.15) is 4.98 Å². The van der Waals surface area contributed by atoms with Crippen molar-refractivity contribution < 1.29 is 13.5 Å². The van der Waals surface area contributed by atoms with Crippen molar-refractivity contribution in [1.82, 2.24) is 24.2 Å². The Hall–Kier alpha value is -3.85. The Morgan fingerprint density at radius 1 is 1.03 bits per heavy atom. The third-order valence-electron chi connectivity index (χ3n) is 6.52. The van der Waals surface area contributed by atoms with Crippen molar-refractivity contribution in [2.75, 3.05) is 20.1 Å². The lowest BCUT2D eigenvalue weighted by molar-refractivity contribution is 0.197. The smallest absolute Gasteiger partial charge is 0.322 e. The van der Waals surface area contributed by atoms with Crippen LogP contribution in [0.15, 0.2) is 65.6 Å². The van der Waals surface area contributed by atoms with E-state index in [1.807, 2.05) is 16.3 Å². The van der Waals surface area contributed by atoms with Gasteiger partial charge in [-0.25, -0.2) is 18.4 Å². The molecule has 0 saturated carbocycles. The lowest BCUT2D eigenvalue weighted by Crippen LogP contribution is -2.37. The standard InChI is InChI=1S/C27H27F2N5O2/c1-3-33-25(23-11-14-30-27(31-23)36-22-6-4-5-20(29)17-22)24(18-7-9-19(28)10-8-18)26(35)34(33)21-12-15-32(2)16-13-21/h4-11,14,17,21H,3,12-13,15-16H2,1-2H3. The molecule has 186 valence electrons. The highest BCUT2D eigenvalue weighted by molar-refractivity contribution is 5.79. The number of rotatable bonds is 6. The third-order valence-corrected chi connectivity index (χ3v) is 6.52. The van der Waals surface area contributed by atoms with Gasteiger partial charge in [0.15, 0.2) is 0 Å². The van der Waals surface area contributed by atoms with Gasteiger partial charge in [-0.3, -0.25) is 9.48 Å². The summed E-state index contributed by atoms with van der Waals surface area (Å²) >= 11 is 0. The number of nitrogens with zero attached hydrogens (tertiary/aromatic N) is 5. The fourth-order valence-corrected chi connectivity index (χ4v) is 4.77. The minimum Gasteiger partial charge on any atom is -0.424 e. The Bertz CT molecular complexity index is 1420. The predicted octanol–water partition coefficient (Wildman–Crippen LogP) is 5.13. The molecular formula is C27H27F2N5O2. The van der Waals surface area contributed by atoms with Crippen LogP contribution in [0.5, 0.6) is 11.8 Å². The van der Waals surface area contributed by atoms with Gasteiger partial charge in [0.25, 0.3) is 5.56 Å². The first-order valence-corrected chi connectivity index (χ1v) is 12.0. The highest BCUT2D eigenvalue weighted by atomic mass is 19.1. The van der Waals surface area contributed by atoms with Crippen LogP contribution < -0.4 is 10.3 Å². The Morgan fingerprint density at radius 2 is 1.78 bits per heavy atom. The highest BCUT2D eigenvalue weighted by Crippen LogP contribution is 2.33. The van der Waals surface area contributed by atoms with Crippen LogP contribution in [-0.2, 0) is 6.54 Å². The Morgan fingerprint density at radius 3 is 2.47 bits per heavy atom. The van der Waals surface area contributed by atoms with E-state index in [1.54, 1.807) is 30.5 Å². The number of piperidine rings is 1. The van der Waals surface area contributed by atoms with E-state index in [0.29, 0.717) is 29.1 Å². The fraction of sp³-hybridized carbons (Fsp3) is 0.296. The van der Waals surface area contributed by atoms with Crippen LogP contribution in [0.1, 0.15) is 25.8 Å². The molecule has 7 nitrogen and oxygen atoms in total. The average molecular weight is 492 g/mol. The summed E-state index contributed by atoms with van der Waals surface area (Å²) in [5, 5.41) is 0. The van der Waals surface area contributed by atoms with E-state index in [2.05, 4.69) is 21.9 Å². The van der Waals surface area contributed by atoms with E-state index in [1.165, 1.54) is 30.3 Å². The number of ether oxygens (including phenoxy) is 1. The van der Waals surface area contributed by atoms with Crippen LogP contribution in [0.25, 0.3) is 22.5 Å². The van der Waals surface area contributed by atoms with Gasteiger partial charge in [-0.1, -0.05) is 18.2 Å². The molecule has 1 aliphatic heterocycles. The molecule has 0 bridgehead atoms. The van der Waals surface area contributed by atoms with Crippen LogP contribution in [0, 0.1) is 11.6 Å². The highest BCUT2D eigenvalue weighted by Gasteiger charge is 2.29. The molecule has 1 fully saturated rings. The summed E-state index contributed by atoms with van der Waals surface area (Å²) in [6, 6.07) is 13.4. The number of hydrogen-bond donors (Lipinski definition) is 0. The minimum atomic E-state index is -0.433. The summed E-state index contributed by atoms with van der Waals surface area (Å²) in [4.78, 5) is 25.0. The first-order valence-electron chi connectivity index (χ1n) is 12.0. The summed E-state index contributed by atoms with van der Waals surface area (Å²) in [6.07, 6.45) is 3.24. The second-order valence-electron chi connectivity index (χ2n) is 8.91. The first-order chi connectivity index (χ1) is 17.4. The summed E-state index contributed by atoms with van der Waals surface area (Å²) in [5.74, 6) is -0.543. The van der Waals surface area contributed by atoms with Gasteiger partial charge in [-0.05, 0) is 75.8 Å². The zero-order valence-corrected chi connectivity index (χ0v) is 20.2. The van der Waals surface area contributed by atoms with Crippen molar-refractivity contribution in [3.05, 3.63) is 82.8 Å². The topological polar surface area (TPSA) is 65.2 Å². The lowest BCUT2D eigenvalue weighted by Gasteiger charge is -2.31. The quantitative estimate of drug-likeness (QED) is 0.374.